The molecule has 0 aliphatic carbocycles. The monoisotopic (exact) mass is 381 g/mol. The van der Waals surface area contributed by atoms with Crippen molar-refractivity contribution in [2.24, 2.45) is 0 Å². The molecule has 0 spiro atoms. The van der Waals surface area contributed by atoms with Crippen LogP contribution in [-0.2, 0) is 17.9 Å². The molecule has 0 fully saturated rings. The third-order valence-corrected chi connectivity index (χ3v) is 3.61. The summed E-state index contributed by atoms with van der Waals surface area (Å²) in [6.07, 6.45) is 0. The van der Waals surface area contributed by atoms with E-state index in [1.54, 1.807) is 7.11 Å². The molecular formula is C16H16INO2. The first kappa shape index (κ1) is 15.0. The number of carbonyl (C=O) groups is 1. The lowest BCUT2D eigenvalue weighted by atomic mass is 10.1. The molecule has 0 aliphatic rings. The average Bonchev–Trinajstić information content (AvgIpc) is 2.47. The van der Waals surface area contributed by atoms with Crippen LogP contribution in [0.5, 0.6) is 0 Å². The molecule has 0 heterocycles. The van der Waals surface area contributed by atoms with E-state index in [2.05, 4.69) is 27.9 Å². The van der Waals surface area contributed by atoms with Crippen LogP contribution < -0.4 is 5.32 Å². The molecule has 1 N–H and O–H groups in total. The predicted octanol–water partition coefficient (Wildman–Crippen LogP) is 3.37. The van der Waals surface area contributed by atoms with Gasteiger partial charge in [0.25, 0.3) is 5.91 Å². The Morgan fingerprint density at radius 1 is 1.05 bits per heavy atom. The number of methoxy groups -OCH3 is 1. The SMILES string of the molecule is COCc1ccc(CNC(=O)c2ccc(I)cc2)cc1. The zero-order valence-electron chi connectivity index (χ0n) is 11.2. The third kappa shape index (κ3) is 4.31. The topological polar surface area (TPSA) is 38.3 Å². The first-order chi connectivity index (χ1) is 9.69. The highest BCUT2D eigenvalue weighted by Crippen LogP contribution is 2.08. The summed E-state index contributed by atoms with van der Waals surface area (Å²) in [7, 11) is 1.68. The molecule has 0 aliphatic heterocycles. The molecule has 2 rings (SSSR count). The molecule has 104 valence electrons. The van der Waals surface area contributed by atoms with Gasteiger partial charge in [0.05, 0.1) is 6.61 Å². The van der Waals surface area contributed by atoms with Crippen LogP contribution in [0, 0.1) is 3.57 Å². The van der Waals surface area contributed by atoms with Crippen molar-refractivity contribution in [2.75, 3.05) is 7.11 Å². The van der Waals surface area contributed by atoms with Gasteiger partial charge in [-0.3, -0.25) is 4.79 Å². The molecule has 0 radical (unpaired) electrons. The number of halogens is 1. The van der Waals surface area contributed by atoms with Gasteiger partial charge in [-0.25, -0.2) is 0 Å². The van der Waals surface area contributed by atoms with Crippen molar-refractivity contribution in [2.45, 2.75) is 13.2 Å². The lowest BCUT2D eigenvalue weighted by molar-refractivity contribution is 0.0951. The molecule has 0 unspecified atom stereocenters. The van der Waals surface area contributed by atoms with Gasteiger partial charge in [-0.1, -0.05) is 24.3 Å². The Labute approximate surface area is 132 Å². The van der Waals surface area contributed by atoms with Crippen LogP contribution >= 0.6 is 22.6 Å². The van der Waals surface area contributed by atoms with Crippen LogP contribution in [0.2, 0.25) is 0 Å². The van der Waals surface area contributed by atoms with E-state index in [1.807, 2.05) is 48.5 Å². The minimum absolute atomic E-state index is 0.0534. The number of rotatable bonds is 5. The molecular weight excluding hydrogens is 365 g/mol. The van der Waals surface area contributed by atoms with E-state index in [0.29, 0.717) is 18.7 Å². The van der Waals surface area contributed by atoms with Gasteiger partial charge in [0.1, 0.15) is 0 Å². The Balaban J connectivity index is 1.91. The minimum atomic E-state index is -0.0534. The first-order valence-corrected chi connectivity index (χ1v) is 7.37. The summed E-state index contributed by atoms with van der Waals surface area (Å²) in [6.45, 7) is 1.13. The van der Waals surface area contributed by atoms with Gasteiger partial charge in [-0.15, -0.1) is 0 Å². The van der Waals surface area contributed by atoms with E-state index in [0.717, 1.165) is 14.7 Å². The first-order valence-electron chi connectivity index (χ1n) is 6.29. The van der Waals surface area contributed by atoms with Crippen LogP contribution in [0.4, 0.5) is 0 Å². The van der Waals surface area contributed by atoms with Gasteiger partial charge in [0.15, 0.2) is 0 Å². The third-order valence-electron chi connectivity index (χ3n) is 2.89. The summed E-state index contributed by atoms with van der Waals surface area (Å²) in [4.78, 5) is 12.0. The Hall–Kier alpha value is -1.40. The smallest absolute Gasteiger partial charge is 0.251 e. The molecule has 20 heavy (non-hydrogen) atoms. The molecule has 0 saturated carbocycles. The summed E-state index contributed by atoms with van der Waals surface area (Å²) in [5, 5.41) is 2.91. The standard InChI is InChI=1S/C16H16INO2/c1-20-11-13-4-2-12(3-5-13)10-18-16(19)14-6-8-15(17)9-7-14/h2-9H,10-11H2,1H3,(H,18,19). The number of benzene rings is 2. The van der Waals surface area contributed by atoms with Gasteiger partial charge >= 0.3 is 0 Å². The van der Waals surface area contributed by atoms with E-state index in [9.17, 15) is 4.79 Å². The van der Waals surface area contributed by atoms with Gasteiger partial charge < -0.3 is 10.1 Å². The Morgan fingerprint density at radius 2 is 1.65 bits per heavy atom. The molecule has 0 atom stereocenters. The van der Waals surface area contributed by atoms with Crippen LogP contribution in [0.1, 0.15) is 21.5 Å². The quantitative estimate of drug-likeness (QED) is 0.807. The lowest BCUT2D eigenvalue weighted by Gasteiger charge is -2.06. The number of amides is 1. The fraction of sp³-hybridized carbons (Fsp3) is 0.188. The maximum atomic E-state index is 12.0. The summed E-state index contributed by atoms with van der Waals surface area (Å²) in [6, 6.07) is 15.5. The Morgan fingerprint density at radius 3 is 2.25 bits per heavy atom. The number of nitrogens with one attached hydrogen (secondary N) is 1. The van der Waals surface area contributed by atoms with Crippen molar-refractivity contribution < 1.29 is 9.53 Å². The van der Waals surface area contributed by atoms with Crippen molar-refractivity contribution in [3.05, 3.63) is 68.8 Å². The van der Waals surface area contributed by atoms with Gasteiger partial charge in [-0.2, -0.15) is 0 Å². The molecule has 3 nitrogen and oxygen atoms in total. The summed E-state index contributed by atoms with van der Waals surface area (Å²) in [5.41, 5.74) is 2.88. The number of ether oxygens (including phenoxy) is 1. The summed E-state index contributed by atoms with van der Waals surface area (Å²) >= 11 is 2.22. The highest BCUT2D eigenvalue weighted by Gasteiger charge is 2.04. The average molecular weight is 381 g/mol. The molecule has 0 aromatic heterocycles. The van der Waals surface area contributed by atoms with Crippen molar-refractivity contribution in [1.82, 2.24) is 5.32 Å². The molecule has 1 amide bonds. The van der Waals surface area contributed by atoms with E-state index in [4.69, 9.17) is 4.74 Å². The lowest BCUT2D eigenvalue weighted by Crippen LogP contribution is -2.22. The van der Waals surface area contributed by atoms with E-state index < -0.39 is 0 Å². The Bertz CT molecular complexity index is 564. The molecule has 2 aromatic rings. The maximum absolute atomic E-state index is 12.0. The van der Waals surface area contributed by atoms with Crippen LogP contribution in [0.3, 0.4) is 0 Å². The number of hydrogen-bond donors (Lipinski definition) is 1. The van der Waals surface area contributed by atoms with Gasteiger partial charge in [-0.05, 0) is 58.0 Å². The normalized spacial score (nSPS) is 10.3. The predicted molar refractivity (Wildman–Crippen MR) is 87.5 cm³/mol. The van der Waals surface area contributed by atoms with E-state index in [1.165, 1.54) is 0 Å². The van der Waals surface area contributed by atoms with Crippen molar-refractivity contribution in [3.63, 3.8) is 0 Å². The van der Waals surface area contributed by atoms with Crippen LogP contribution in [0.25, 0.3) is 0 Å². The molecule has 2 aromatic carbocycles. The van der Waals surface area contributed by atoms with E-state index >= 15 is 0 Å². The highest BCUT2D eigenvalue weighted by atomic mass is 127. The van der Waals surface area contributed by atoms with E-state index in [-0.39, 0.29) is 5.91 Å². The van der Waals surface area contributed by atoms with Crippen molar-refractivity contribution in [1.29, 1.82) is 0 Å². The molecule has 0 saturated heterocycles. The fourth-order valence-corrected chi connectivity index (χ4v) is 2.17. The van der Waals surface area contributed by atoms with Gasteiger partial charge in [0.2, 0.25) is 0 Å². The second-order valence-electron chi connectivity index (χ2n) is 4.44. The minimum Gasteiger partial charge on any atom is -0.380 e. The summed E-state index contributed by atoms with van der Waals surface area (Å²) < 4.78 is 6.18. The van der Waals surface area contributed by atoms with Crippen LogP contribution in [0.15, 0.2) is 48.5 Å². The Kier molecular flexibility index (Phi) is 5.55. The number of hydrogen-bond acceptors (Lipinski definition) is 2. The second-order valence-corrected chi connectivity index (χ2v) is 5.68. The zero-order chi connectivity index (χ0) is 14.4. The summed E-state index contributed by atoms with van der Waals surface area (Å²) in [5.74, 6) is -0.0534. The van der Waals surface area contributed by atoms with Crippen LogP contribution in [-0.4, -0.2) is 13.0 Å². The maximum Gasteiger partial charge on any atom is 0.251 e. The molecule has 0 bridgehead atoms. The fourth-order valence-electron chi connectivity index (χ4n) is 1.81. The largest absolute Gasteiger partial charge is 0.380 e. The second kappa shape index (κ2) is 7.40. The van der Waals surface area contributed by atoms with Gasteiger partial charge in [0, 0.05) is 22.8 Å². The van der Waals surface area contributed by atoms with Crippen molar-refractivity contribution >= 4 is 28.5 Å². The zero-order valence-corrected chi connectivity index (χ0v) is 13.4. The van der Waals surface area contributed by atoms with Crippen molar-refractivity contribution in [3.8, 4) is 0 Å². The number of carbonyl (C=O) groups excluding carboxylic acids is 1. The highest BCUT2D eigenvalue weighted by molar-refractivity contribution is 14.1. The molecule has 4 heteroatoms.